The molecule has 3 nitrogen and oxygen atoms in total. The number of aromatic nitrogens is 1. The summed E-state index contributed by atoms with van der Waals surface area (Å²) in [7, 11) is 1.60. The van der Waals surface area contributed by atoms with Gasteiger partial charge in [-0.3, -0.25) is 0 Å². The molecule has 1 N–H and O–H groups in total. The van der Waals surface area contributed by atoms with Crippen molar-refractivity contribution in [3.8, 4) is 11.3 Å². The van der Waals surface area contributed by atoms with Crippen molar-refractivity contribution in [1.29, 1.82) is 0 Å². The molecular formula is C22H23F3N2OS2. The van der Waals surface area contributed by atoms with Crippen molar-refractivity contribution in [3.05, 3.63) is 59.0 Å². The largest absolute Gasteiger partial charge is 0.417 e. The highest BCUT2D eigenvalue weighted by Gasteiger charge is 2.34. The standard InChI is InChI=1S/C22H23F3N2OS2/c1-14(2)16-6-4-5-7-19(16)30-20-9-8-15(12-17(20)22(23,24)25)18-13-29-21(27-18)26-10-11-28-3/h4-9,12-14H,10-11H2,1-3H3,(H,26,27). The molecule has 0 bridgehead atoms. The second kappa shape index (κ2) is 9.85. The molecule has 3 aromatic rings. The Labute approximate surface area is 182 Å². The summed E-state index contributed by atoms with van der Waals surface area (Å²) < 4.78 is 46.6. The summed E-state index contributed by atoms with van der Waals surface area (Å²) in [6.45, 7) is 5.18. The van der Waals surface area contributed by atoms with Crippen LogP contribution < -0.4 is 5.32 Å². The van der Waals surface area contributed by atoms with E-state index in [-0.39, 0.29) is 10.8 Å². The molecule has 1 aromatic heterocycles. The summed E-state index contributed by atoms with van der Waals surface area (Å²) in [6, 6.07) is 12.0. The molecule has 160 valence electrons. The Morgan fingerprint density at radius 1 is 1.13 bits per heavy atom. The number of methoxy groups -OCH3 is 1. The van der Waals surface area contributed by atoms with Crippen molar-refractivity contribution >= 4 is 28.2 Å². The highest BCUT2D eigenvalue weighted by molar-refractivity contribution is 7.99. The van der Waals surface area contributed by atoms with Crippen molar-refractivity contribution in [2.75, 3.05) is 25.6 Å². The summed E-state index contributed by atoms with van der Waals surface area (Å²) >= 11 is 2.51. The Kier molecular flexibility index (Phi) is 7.44. The minimum Gasteiger partial charge on any atom is -0.383 e. The lowest BCUT2D eigenvalue weighted by Gasteiger charge is -2.16. The van der Waals surface area contributed by atoms with Crippen molar-refractivity contribution in [3.63, 3.8) is 0 Å². The molecule has 30 heavy (non-hydrogen) atoms. The molecule has 0 fully saturated rings. The van der Waals surface area contributed by atoms with E-state index in [1.807, 2.05) is 38.1 Å². The van der Waals surface area contributed by atoms with Crippen molar-refractivity contribution in [2.24, 2.45) is 0 Å². The van der Waals surface area contributed by atoms with Crippen LogP contribution in [-0.2, 0) is 10.9 Å². The van der Waals surface area contributed by atoms with Crippen molar-refractivity contribution < 1.29 is 17.9 Å². The molecule has 0 saturated heterocycles. The predicted molar refractivity (Wildman–Crippen MR) is 118 cm³/mol. The van der Waals surface area contributed by atoms with Gasteiger partial charge in [0.1, 0.15) is 0 Å². The number of anilines is 1. The molecule has 2 aromatic carbocycles. The molecule has 0 radical (unpaired) electrons. The number of nitrogens with one attached hydrogen (secondary N) is 1. The maximum absolute atomic E-state index is 13.9. The molecule has 0 spiro atoms. The van der Waals surface area contributed by atoms with Gasteiger partial charge in [0.15, 0.2) is 5.13 Å². The number of ether oxygens (including phenoxy) is 1. The van der Waals surface area contributed by atoms with E-state index >= 15 is 0 Å². The second-order valence-corrected chi connectivity index (χ2v) is 8.90. The van der Waals surface area contributed by atoms with Gasteiger partial charge in [0.2, 0.25) is 0 Å². The van der Waals surface area contributed by atoms with E-state index in [0.717, 1.165) is 22.2 Å². The zero-order valence-corrected chi connectivity index (χ0v) is 18.5. The number of benzene rings is 2. The van der Waals surface area contributed by atoms with Crippen LogP contribution in [0.5, 0.6) is 0 Å². The first-order valence-corrected chi connectivity index (χ1v) is 11.2. The van der Waals surface area contributed by atoms with Crippen LogP contribution in [-0.4, -0.2) is 25.2 Å². The Morgan fingerprint density at radius 2 is 1.90 bits per heavy atom. The van der Waals surface area contributed by atoms with Gasteiger partial charge < -0.3 is 10.1 Å². The van der Waals surface area contributed by atoms with Gasteiger partial charge >= 0.3 is 6.18 Å². The summed E-state index contributed by atoms with van der Waals surface area (Å²) in [5.41, 5.74) is 1.35. The highest BCUT2D eigenvalue weighted by atomic mass is 32.2. The fraction of sp³-hybridized carbons (Fsp3) is 0.318. The van der Waals surface area contributed by atoms with Crippen LogP contribution >= 0.6 is 23.1 Å². The molecule has 0 aliphatic heterocycles. The molecule has 1 heterocycles. The Hall–Kier alpha value is -2.03. The van der Waals surface area contributed by atoms with Gasteiger partial charge in [0, 0.05) is 34.4 Å². The fourth-order valence-corrected chi connectivity index (χ4v) is 4.89. The van der Waals surface area contributed by atoms with Crippen LogP contribution in [0.25, 0.3) is 11.3 Å². The fourth-order valence-electron chi connectivity index (χ4n) is 2.92. The number of thiazole rings is 1. The van der Waals surface area contributed by atoms with Gasteiger partial charge in [-0.05, 0) is 29.7 Å². The number of hydrogen-bond acceptors (Lipinski definition) is 5. The number of rotatable bonds is 8. The van der Waals surface area contributed by atoms with Crippen LogP contribution in [0.15, 0.2) is 57.6 Å². The number of hydrogen-bond donors (Lipinski definition) is 1. The first kappa shape index (κ1) is 22.7. The number of alkyl halides is 3. The third kappa shape index (κ3) is 5.56. The van der Waals surface area contributed by atoms with Crippen LogP contribution in [0.1, 0.15) is 30.9 Å². The van der Waals surface area contributed by atoms with E-state index in [9.17, 15) is 13.2 Å². The summed E-state index contributed by atoms with van der Waals surface area (Å²) in [5.74, 6) is 0.223. The van der Waals surface area contributed by atoms with E-state index in [0.29, 0.717) is 29.5 Å². The van der Waals surface area contributed by atoms with Gasteiger partial charge in [-0.1, -0.05) is 49.9 Å². The molecule has 8 heteroatoms. The first-order chi connectivity index (χ1) is 14.3. The van der Waals surface area contributed by atoms with Gasteiger partial charge in [-0.2, -0.15) is 13.2 Å². The lowest BCUT2D eigenvalue weighted by molar-refractivity contribution is -0.139. The highest BCUT2D eigenvalue weighted by Crippen LogP contribution is 2.43. The Bertz CT molecular complexity index is 987. The van der Waals surface area contributed by atoms with Crippen LogP contribution in [0.2, 0.25) is 0 Å². The topological polar surface area (TPSA) is 34.1 Å². The Balaban J connectivity index is 1.92. The van der Waals surface area contributed by atoms with Crippen LogP contribution in [0.4, 0.5) is 18.3 Å². The second-order valence-electron chi connectivity index (χ2n) is 6.96. The van der Waals surface area contributed by atoms with Gasteiger partial charge in [-0.15, -0.1) is 11.3 Å². The Morgan fingerprint density at radius 3 is 2.60 bits per heavy atom. The summed E-state index contributed by atoms with van der Waals surface area (Å²) in [4.78, 5) is 5.43. The van der Waals surface area contributed by atoms with E-state index in [1.165, 1.54) is 23.5 Å². The lowest BCUT2D eigenvalue weighted by Crippen LogP contribution is -2.08. The number of nitrogens with zero attached hydrogens (tertiary/aromatic N) is 1. The zero-order chi connectivity index (χ0) is 21.7. The van der Waals surface area contributed by atoms with E-state index < -0.39 is 11.7 Å². The third-order valence-electron chi connectivity index (χ3n) is 4.43. The molecule has 0 unspecified atom stereocenters. The number of halogens is 3. The van der Waals surface area contributed by atoms with E-state index in [4.69, 9.17) is 4.74 Å². The van der Waals surface area contributed by atoms with Crippen molar-refractivity contribution in [2.45, 2.75) is 35.7 Å². The average molecular weight is 453 g/mol. The zero-order valence-electron chi connectivity index (χ0n) is 16.9. The molecule has 0 aliphatic carbocycles. The normalized spacial score (nSPS) is 11.8. The summed E-state index contributed by atoms with van der Waals surface area (Å²) in [6.07, 6.45) is -4.46. The molecule has 3 rings (SSSR count). The lowest BCUT2D eigenvalue weighted by atomic mass is 10.0. The summed E-state index contributed by atoms with van der Waals surface area (Å²) in [5, 5.41) is 5.51. The SMILES string of the molecule is COCCNc1nc(-c2ccc(Sc3ccccc3C(C)C)c(C(F)(F)F)c2)cs1. The van der Waals surface area contributed by atoms with Gasteiger partial charge in [0.25, 0.3) is 0 Å². The smallest absolute Gasteiger partial charge is 0.383 e. The molecule has 0 amide bonds. The maximum atomic E-state index is 13.9. The minimum atomic E-state index is -4.46. The molecule has 0 atom stereocenters. The van der Waals surface area contributed by atoms with Gasteiger partial charge in [0.05, 0.1) is 17.9 Å². The molecular weight excluding hydrogens is 429 g/mol. The third-order valence-corrected chi connectivity index (χ3v) is 6.40. The van der Waals surface area contributed by atoms with Crippen LogP contribution in [0, 0.1) is 0 Å². The first-order valence-electron chi connectivity index (χ1n) is 9.46. The molecule has 0 aliphatic rings. The maximum Gasteiger partial charge on any atom is 0.417 e. The van der Waals surface area contributed by atoms with Gasteiger partial charge in [-0.25, -0.2) is 4.98 Å². The molecule has 0 saturated carbocycles. The minimum absolute atomic E-state index is 0.188. The van der Waals surface area contributed by atoms with E-state index in [1.54, 1.807) is 18.6 Å². The monoisotopic (exact) mass is 452 g/mol. The van der Waals surface area contributed by atoms with E-state index in [2.05, 4.69) is 10.3 Å². The average Bonchev–Trinajstić information content (AvgIpc) is 3.17. The predicted octanol–water partition coefficient (Wildman–Crippen LogP) is 7.16. The van der Waals surface area contributed by atoms with Crippen LogP contribution in [0.3, 0.4) is 0 Å². The quantitative estimate of drug-likeness (QED) is 0.368. The van der Waals surface area contributed by atoms with Crippen molar-refractivity contribution in [1.82, 2.24) is 4.98 Å².